The van der Waals surface area contributed by atoms with Gasteiger partial charge in [-0.05, 0) is 30.5 Å². The molecule has 8 heteroatoms. The molecular weight excluding hydrogens is 376 g/mol. The number of nitrogens with one attached hydrogen (secondary N) is 1. The Morgan fingerprint density at radius 1 is 1.21 bits per heavy atom. The van der Waals surface area contributed by atoms with E-state index >= 15 is 0 Å². The number of nitrogens with zero attached hydrogens (tertiary/aromatic N) is 5. The molecule has 4 rings (SSSR count). The minimum absolute atomic E-state index is 0.0472. The van der Waals surface area contributed by atoms with Gasteiger partial charge in [-0.15, -0.1) is 0 Å². The number of rotatable bonds is 5. The van der Waals surface area contributed by atoms with Crippen LogP contribution in [-0.4, -0.2) is 38.7 Å². The third kappa shape index (κ3) is 4.14. The van der Waals surface area contributed by atoms with Gasteiger partial charge in [-0.2, -0.15) is 5.10 Å². The van der Waals surface area contributed by atoms with Crippen LogP contribution in [0.15, 0.2) is 55.1 Å². The van der Waals surface area contributed by atoms with E-state index in [0.717, 1.165) is 30.8 Å². The number of hydrogen-bond acceptors (Lipinski definition) is 5. The molecule has 0 radical (unpaired) electrons. The summed E-state index contributed by atoms with van der Waals surface area (Å²) in [5.74, 6) is 1.48. The van der Waals surface area contributed by atoms with Crippen LogP contribution >= 0.6 is 11.6 Å². The highest BCUT2D eigenvalue weighted by Crippen LogP contribution is 2.23. The van der Waals surface area contributed by atoms with Gasteiger partial charge in [0.05, 0.1) is 5.92 Å². The highest BCUT2D eigenvalue weighted by Gasteiger charge is 2.26. The largest absolute Gasteiger partial charge is 0.356 e. The van der Waals surface area contributed by atoms with Gasteiger partial charge in [0.2, 0.25) is 5.91 Å². The first-order chi connectivity index (χ1) is 13.7. The van der Waals surface area contributed by atoms with Gasteiger partial charge in [-0.3, -0.25) is 4.79 Å². The van der Waals surface area contributed by atoms with Gasteiger partial charge in [0.15, 0.2) is 5.82 Å². The molecule has 7 nitrogen and oxygen atoms in total. The zero-order valence-corrected chi connectivity index (χ0v) is 16.1. The highest BCUT2D eigenvalue weighted by atomic mass is 35.5. The van der Waals surface area contributed by atoms with Crippen LogP contribution in [0.5, 0.6) is 0 Å². The smallest absolute Gasteiger partial charge is 0.225 e. The quantitative estimate of drug-likeness (QED) is 0.717. The summed E-state index contributed by atoms with van der Waals surface area (Å²) in [5, 5.41) is 7.89. The molecule has 28 heavy (non-hydrogen) atoms. The molecule has 0 unspecified atom stereocenters. The first-order valence-electron chi connectivity index (χ1n) is 9.29. The Labute approximate surface area is 168 Å². The molecule has 1 saturated heterocycles. The SMILES string of the molecule is O=C(NCc1ccccc1Cl)[C@@H]1CCCN(c2cc(-n3cccn3)ncn2)C1. The van der Waals surface area contributed by atoms with Gasteiger partial charge in [0.1, 0.15) is 12.1 Å². The average molecular weight is 397 g/mol. The van der Waals surface area contributed by atoms with Gasteiger partial charge in [-0.1, -0.05) is 29.8 Å². The fourth-order valence-electron chi connectivity index (χ4n) is 3.41. The zero-order valence-electron chi connectivity index (χ0n) is 15.3. The number of anilines is 1. The van der Waals surface area contributed by atoms with E-state index in [2.05, 4.69) is 25.3 Å². The van der Waals surface area contributed by atoms with E-state index in [-0.39, 0.29) is 11.8 Å². The third-order valence-corrected chi connectivity index (χ3v) is 5.27. The molecule has 1 amide bonds. The molecule has 0 saturated carbocycles. The van der Waals surface area contributed by atoms with E-state index in [1.807, 2.05) is 42.6 Å². The molecule has 2 aromatic heterocycles. The van der Waals surface area contributed by atoms with Gasteiger partial charge in [0, 0.05) is 43.1 Å². The van der Waals surface area contributed by atoms with Crippen LogP contribution in [0, 0.1) is 5.92 Å². The molecule has 3 heterocycles. The average Bonchev–Trinajstić information content (AvgIpc) is 3.28. The number of benzene rings is 1. The van der Waals surface area contributed by atoms with E-state index in [1.54, 1.807) is 10.9 Å². The van der Waals surface area contributed by atoms with E-state index < -0.39 is 0 Å². The van der Waals surface area contributed by atoms with Gasteiger partial charge >= 0.3 is 0 Å². The third-order valence-electron chi connectivity index (χ3n) is 4.90. The lowest BCUT2D eigenvalue weighted by atomic mass is 9.97. The van der Waals surface area contributed by atoms with Crippen LogP contribution in [0.1, 0.15) is 18.4 Å². The molecule has 1 N–H and O–H groups in total. The van der Waals surface area contributed by atoms with Crippen molar-refractivity contribution >= 4 is 23.3 Å². The van der Waals surface area contributed by atoms with Crippen molar-refractivity contribution < 1.29 is 4.79 Å². The van der Waals surface area contributed by atoms with Crippen LogP contribution in [0.3, 0.4) is 0 Å². The van der Waals surface area contributed by atoms with Gasteiger partial charge in [-0.25, -0.2) is 14.6 Å². The summed E-state index contributed by atoms with van der Waals surface area (Å²) in [4.78, 5) is 23.5. The minimum Gasteiger partial charge on any atom is -0.356 e. The topological polar surface area (TPSA) is 75.9 Å². The van der Waals surface area contributed by atoms with Gasteiger partial charge < -0.3 is 10.2 Å². The van der Waals surface area contributed by atoms with Crippen molar-refractivity contribution in [1.29, 1.82) is 0 Å². The number of piperidine rings is 1. The normalized spacial score (nSPS) is 16.8. The van der Waals surface area contributed by atoms with Crippen LogP contribution in [0.4, 0.5) is 5.82 Å². The maximum atomic E-state index is 12.7. The summed E-state index contributed by atoms with van der Waals surface area (Å²) in [6.07, 6.45) is 6.88. The Hall–Kier alpha value is -2.93. The van der Waals surface area contributed by atoms with Crippen LogP contribution in [-0.2, 0) is 11.3 Å². The summed E-state index contributed by atoms with van der Waals surface area (Å²) in [7, 11) is 0. The summed E-state index contributed by atoms with van der Waals surface area (Å²) in [6.45, 7) is 1.93. The molecular formula is C20H21ClN6O. The Bertz CT molecular complexity index is 945. The first kappa shape index (κ1) is 18.4. The Morgan fingerprint density at radius 3 is 2.89 bits per heavy atom. The molecule has 1 atom stereocenters. The molecule has 0 bridgehead atoms. The van der Waals surface area contributed by atoms with Crippen LogP contribution in [0.25, 0.3) is 5.82 Å². The van der Waals surface area contributed by atoms with Crippen molar-refractivity contribution in [3.63, 3.8) is 0 Å². The number of hydrogen-bond donors (Lipinski definition) is 1. The molecule has 0 spiro atoms. The predicted molar refractivity (Wildman–Crippen MR) is 107 cm³/mol. The number of amides is 1. The monoisotopic (exact) mass is 396 g/mol. The first-order valence-corrected chi connectivity index (χ1v) is 9.66. The van der Waals surface area contributed by atoms with Crippen molar-refractivity contribution in [3.05, 3.63) is 65.7 Å². The second kappa shape index (κ2) is 8.39. The number of carbonyl (C=O) groups is 1. The molecule has 144 valence electrons. The number of carbonyl (C=O) groups excluding carboxylic acids is 1. The number of halogens is 1. The van der Waals surface area contributed by atoms with E-state index in [0.29, 0.717) is 23.9 Å². The maximum Gasteiger partial charge on any atom is 0.225 e. The standard InChI is InChI=1S/C20H21ClN6O/c21-17-7-2-1-5-15(17)12-22-20(28)16-6-3-9-26(13-16)18-11-19(24-14-23-18)27-10-4-8-25-27/h1-2,4-5,7-8,10-11,14,16H,3,6,9,12-13H2,(H,22,28)/t16-/m1/s1. The second-order valence-electron chi connectivity index (χ2n) is 6.78. The van der Waals surface area contributed by atoms with Crippen molar-refractivity contribution in [2.24, 2.45) is 5.92 Å². The molecule has 1 aliphatic rings. The molecule has 0 aliphatic carbocycles. The van der Waals surface area contributed by atoms with E-state index in [9.17, 15) is 4.79 Å². The summed E-state index contributed by atoms with van der Waals surface area (Å²) >= 11 is 6.17. The van der Waals surface area contributed by atoms with Crippen molar-refractivity contribution in [2.45, 2.75) is 19.4 Å². The lowest BCUT2D eigenvalue weighted by molar-refractivity contribution is -0.125. The summed E-state index contributed by atoms with van der Waals surface area (Å²) < 4.78 is 1.70. The maximum absolute atomic E-state index is 12.7. The summed E-state index contributed by atoms with van der Waals surface area (Å²) in [5.41, 5.74) is 0.921. The molecule has 3 aromatic rings. The van der Waals surface area contributed by atoms with E-state index in [1.165, 1.54) is 6.33 Å². The molecule has 1 fully saturated rings. The Kier molecular flexibility index (Phi) is 5.53. The van der Waals surface area contributed by atoms with Crippen molar-refractivity contribution in [2.75, 3.05) is 18.0 Å². The Morgan fingerprint density at radius 2 is 2.07 bits per heavy atom. The van der Waals surface area contributed by atoms with Gasteiger partial charge in [0.25, 0.3) is 0 Å². The van der Waals surface area contributed by atoms with Crippen molar-refractivity contribution in [1.82, 2.24) is 25.1 Å². The highest BCUT2D eigenvalue weighted by molar-refractivity contribution is 6.31. The van der Waals surface area contributed by atoms with Crippen molar-refractivity contribution in [3.8, 4) is 5.82 Å². The fraction of sp³-hybridized carbons (Fsp3) is 0.300. The summed E-state index contributed by atoms with van der Waals surface area (Å²) in [6, 6.07) is 11.3. The molecule has 1 aliphatic heterocycles. The fourth-order valence-corrected chi connectivity index (χ4v) is 3.61. The second-order valence-corrected chi connectivity index (χ2v) is 7.19. The minimum atomic E-state index is -0.0839. The lowest BCUT2D eigenvalue weighted by Crippen LogP contribution is -2.43. The van der Waals surface area contributed by atoms with Crippen LogP contribution < -0.4 is 10.2 Å². The van der Waals surface area contributed by atoms with E-state index in [4.69, 9.17) is 11.6 Å². The lowest BCUT2D eigenvalue weighted by Gasteiger charge is -2.33. The zero-order chi connectivity index (χ0) is 19.3. The Balaban J connectivity index is 1.41. The molecule has 1 aromatic carbocycles. The van der Waals surface area contributed by atoms with Crippen LogP contribution in [0.2, 0.25) is 5.02 Å². The number of aromatic nitrogens is 4. The predicted octanol–water partition coefficient (Wildman–Crippen LogP) is 2.85.